The summed E-state index contributed by atoms with van der Waals surface area (Å²) in [5.74, 6) is 0. The van der Waals surface area contributed by atoms with Gasteiger partial charge in [-0.1, -0.05) is 31.2 Å². The Balaban J connectivity index is 2.30. The van der Waals surface area contributed by atoms with Crippen molar-refractivity contribution in [1.82, 2.24) is 0 Å². The second-order valence-electron chi connectivity index (χ2n) is 4.28. The molecule has 0 fully saturated rings. The zero-order valence-electron chi connectivity index (χ0n) is 9.68. The fourth-order valence-electron chi connectivity index (χ4n) is 2.19. The van der Waals surface area contributed by atoms with E-state index in [0.29, 0.717) is 0 Å². The maximum absolute atomic E-state index is 9.87. The Morgan fingerprint density at radius 2 is 1.82 bits per heavy atom. The van der Waals surface area contributed by atoms with Gasteiger partial charge in [0.2, 0.25) is 0 Å². The normalized spacial score (nSPS) is 13.3. The van der Waals surface area contributed by atoms with E-state index in [4.69, 9.17) is 4.42 Å². The summed E-state index contributed by atoms with van der Waals surface area (Å²) in [4.78, 5) is 0. The molecule has 0 aliphatic carbocycles. The summed E-state index contributed by atoms with van der Waals surface area (Å²) in [6, 6.07) is 13.9. The predicted molar refractivity (Wildman–Crippen MR) is 69.0 cm³/mol. The Hall–Kier alpha value is -1.80. The third-order valence-electron chi connectivity index (χ3n) is 3.17. The topological polar surface area (TPSA) is 33.4 Å². The summed E-state index contributed by atoms with van der Waals surface area (Å²) in [5.41, 5.74) is 2.72. The lowest BCUT2D eigenvalue weighted by Gasteiger charge is -2.07. The van der Waals surface area contributed by atoms with Crippen LogP contribution in [0.1, 0.15) is 25.0 Å². The van der Waals surface area contributed by atoms with Crippen LogP contribution in [0.15, 0.2) is 46.9 Å². The molecule has 1 atom stereocenters. The first kappa shape index (κ1) is 10.4. The molecule has 3 rings (SSSR count). The number of aliphatic hydroxyl groups excluding tert-OH is 1. The Bertz CT molecular complexity index is 667. The molecule has 86 valence electrons. The van der Waals surface area contributed by atoms with Crippen LogP contribution in [0.25, 0.3) is 21.9 Å². The number of para-hydroxylation sites is 1. The molecule has 1 N–H and O–H groups in total. The minimum atomic E-state index is -0.395. The highest BCUT2D eigenvalue weighted by Gasteiger charge is 2.10. The van der Waals surface area contributed by atoms with Gasteiger partial charge in [-0.25, -0.2) is 0 Å². The first-order chi connectivity index (χ1) is 8.29. The van der Waals surface area contributed by atoms with E-state index in [-0.39, 0.29) is 0 Å². The Morgan fingerprint density at radius 1 is 1.06 bits per heavy atom. The van der Waals surface area contributed by atoms with Crippen molar-refractivity contribution in [2.45, 2.75) is 19.4 Å². The lowest BCUT2D eigenvalue weighted by atomic mass is 10.0. The van der Waals surface area contributed by atoms with E-state index >= 15 is 0 Å². The highest BCUT2D eigenvalue weighted by molar-refractivity contribution is 6.04. The second-order valence-corrected chi connectivity index (χ2v) is 4.28. The van der Waals surface area contributed by atoms with Crippen molar-refractivity contribution in [2.24, 2.45) is 0 Å². The van der Waals surface area contributed by atoms with Crippen LogP contribution in [0.3, 0.4) is 0 Å². The second kappa shape index (κ2) is 3.90. The van der Waals surface area contributed by atoms with E-state index in [1.165, 1.54) is 0 Å². The maximum Gasteiger partial charge on any atom is 0.135 e. The third kappa shape index (κ3) is 1.61. The Labute approximate surface area is 99.5 Å². The van der Waals surface area contributed by atoms with Gasteiger partial charge in [0.25, 0.3) is 0 Å². The molecular weight excluding hydrogens is 212 g/mol. The first-order valence-corrected chi connectivity index (χ1v) is 5.89. The van der Waals surface area contributed by atoms with Gasteiger partial charge in [0.15, 0.2) is 0 Å². The maximum atomic E-state index is 9.87. The molecule has 1 aromatic heterocycles. The smallest absolute Gasteiger partial charge is 0.135 e. The van der Waals surface area contributed by atoms with E-state index < -0.39 is 6.10 Å². The monoisotopic (exact) mass is 226 g/mol. The van der Waals surface area contributed by atoms with Crippen LogP contribution in [-0.4, -0.2) is 5.11 Å². The van der Waals surface area contributed by atoms with E-state index in [9.17, 15) is 5.11 Å². The zero-order chi connectivity index (χ0) is 11.8. The fourth-order valence-corrected chi connectivity index (χ4v) is 2.19. The third-order valence-corrected chi connectivity index (χ3v) is 3.17. The van der Waals surface area contributed by atoms with Crippen molar-refractivity contribution in [3.8, 4) is 0 Å². The van der Waals surface area contributed by atoms with Crippen LogP contribution < -0.4 is 0 Å². The van der Waals surface area contributed by atoms with E-state index in [1.807, 2.05) is 49.4 Å². The highest BCUT2D eigenvalue weighted by atomic mass is 16.3. The SMILES string of the molecule is CCC(O)c1ccc2oc3ccccc3c2c1. The molecular formula is C15H14O2. The average molecular weight is 226 g/mol. The number of rotatable bonds is 2. The highest BCUT2D eigenvalue weighted by Crippen LogP contribution is 2.30. The molecule has 2 heteroatoms. The van der Waals surface area contributed by atoms with Crippen LogP contribution in [0.5, 0.6) is 0 Å². The van der Waals surface area contributed by atoms with Crippen molar-refractivity contribution >= 4 is 21.9 Å². The summed E-state index contributed by atoms with van der Waals surface area (Å²) in [7, 11) is 0. The number of fused-ring (bicyclic) bond motifs is 3. The zero-order valence-corrected chi connectivity index (χ0v) is 9.68. The summed E-state index contributed by atoms with van der Waals surface area (Å²) < 4.78 is 5.74. The molecule has 0 radical (unpaired) electrons. The van der Waals surface area contributed by atoms with Crippen molar-refractivity contribution in [3.05, 3.63) is 48.0 Å². The molecule has 0 bridgehead atoms. The predicted octanol–water partition coefficient (Wildman–Crippen LogP) is 4.03. The Morgan fingerprint density at radius 3 is 2.65 bits per heavy atom. The molecule has 2 aromatic carbocycles. The molecule has 3 aromatic rings. The van der Waals surface area contributed by atoms with Gasteiger partial charge in [-0.05, 0) is 30.2 Å². The first-order valence-electron chi connectivity index (χ1n) is 5.89. The largest absolute Gasteiger partial charge is 0.456 e. The number of aliphatic hydroxyl groups is 1. The van der Waals surface area contributed by atoms with Gasteiger partial charge in [-0.3, -0.25) is 0 Å². The number of hydrogen-bond donors (Lipinski definition) is 1. The minimum absolute atomic E-state index is 0.395. The summed E-state index contributed by atoms with van der Waals surface area (Å²) in [6.07, 6.45) is 0.328. The fraction of sp³-hybridized carbons (Fsp3) is 0.200. The van der Waals surface area contributed by atoms with Gasteiger partial charge < -0.3 is 9.52 Å². The number of furan rings is 1. The van der Waals surface area contributed by atoms with Crippen LogP contribution in [0.4, 0.5) is 0 Å². The van der Waals surface area contributed by atoms with E-state index in [1.54, 1.807) is 0 Å². The summed E-state index contributed by atoms with van der Waals surface area (Å²) in [6.45, 7) is 1.97. The summed E-state index contributed by atoms with van der Waals surface area (Å²) in [5, 5.41) is 12.0. The summed E-state index contributed by atoms with van der Waals surface area (Å²) >= 11 is 0. The number of benzene rings is 2. The van der Waals surface area contributed by atoms with Gasteiger partial charge in [-0.2, -0.15) is 0 Å². The standard InChI is InChI=1S/C15H14O2/c1-2-13(16)10-7-8-15-12(9-10)11-5-3-4-6-14(11)17-15/h3-9,13,16H,2H2,1H3. The number of hydrogen-bond acceptors (Lipinski definition) is 2. The van der Waals surface area contributed by atoms with Crippen LogP contribution in [-0.2, 0) is 0 Å². The van der Waals surface area contributed by atoms with Gasteiger partial charge >= 0.3 is 0 Å². The molecule has 1 heterocycles. The van der Waals surface area contributed by atoms with Crippen LogP contribution >= 0.6 is 0 Å². The molecule has 1 unspecified atom stereocenters. The van der Waals surface area contributed by atoms with Crippen molar-refractivity contribution in [2.75, 3.05) is 0 Å². The van der Waals surface area contributed by atoms with Crippen molar-refractivity contribution < 1.29 is 9.52 Å². The van der Waals surface area contributed by atoms with Gasteiger partial charge in [0.1, 0.15) is 11.2 Å². The molecule has 0 saturated carbocycles. The van der Waals surface area contributed by atoms with Crippen LogP contribution in [0.2, 0.25) is 0 Å². The average Bonchev–Trinajstić information content (AvgIpc) is 2.75. The van der Waals surface area contributed by atoms with Gasteiger partial charge in [0.05, 0.1) is 6.10 Å². The minimum Gasteiger partial charge on any atom is -0.456 e. The van der Waals surface area contributed by atoms with E-state index in [2.05, 4.69) is 0 Å². The quantitative estimate of drug-likeness (QED) is 0.715. The van der Waals surface area contributed by atoms with Crippen molar-refractivity contribution in [1.29, 1.82) is 0 Å². The van der Waals surface area contributed by atoms with Gasteiger partial charge in [-0.15, -0.1) is 0 Å². The van der Waals surface area contributed by atoms with E-state index in [0.717, 1.165) is 33.9 Å². The molecule has 0 spiro atoms. The van der Waals surface area contributed by atoms with Crippen molar-refractivity contribution in [3.63, 3.8) is 0 Å². The molecule has 0 amide bonds. The molecule has 17 heavy (non-hydrogen) atoms. The lowest BCUT2D eigenvalue weighted by molar-refractivity contribution is 0.174. The lowest BCUT2D eigenvalue weighted by Crippen LogP contribution is -1.93. The van der Waals surface area contributed by atoms with Gasteiger partial charge in [0, 0.05) is 10.8 Å². The molecule has 2 nitrogen and oxygen atoms in total. The van der Waals surface area contributed by atoms with Crippen LogP contribution in [0, 0.1) is 0 Å². The molecule has 0 saturated heterocycles. The molecule has 0 aliphatic heterocycles. The molecule has 0 aliphatic rings. The Kier molecular flexibility index (Phi) is 2.37.